The summed E-state index contributed by atoms with van der Waals surface area (Å²) in [6.45, 7) is 6.68. The Morgan fingerprint density at radius 3 is 2.30 bits per heavy atom. The number of carbonyl (C=O) groups is 1. The van der Waals surface area contributed by atoms with Crippen molar-refractivity contribution >= 4 is 17.6 Å². The fourth-order valence-electron chi connectivity index (χ4n) is 3.16. The van der Waals surface area contributed by atoms with Gasteiger partial charge in [-0.2, -0.15) is 0 Å². The highest BCUT2D eigenvalue weighted by Gasteiger charge is 2.30. The summed E-state index contributed by atoms with van der Waals surface area (Å²) in [4.78, 5) is 22.0. The number of hydrogen-bond donors (Lipinski definition) is 1. The fraction of sp³-hybridized carbons (Fsp3) is 0.174. The van der Waals surface area contributed by atoms with Crippen LogP contribution in [0.25, 0.3) is 16.8 Å². The van der Waals surface area contributed by atoms with Crippen molar-refractivity contribution in [2.45, 2.75) is 13.0 Å². The number of carbonyl (C=O) groups excluding carboxylic acids is 1. The van der Waals surface area contributed by atoms with E-state index in [4.69, 9.17) is 4.74 Å². The zero-order chi connectivity index (χ0) is 21.1. The van der Waals surface area contributed by atoms with Gasteiger partial charge in [-0.15, -0.1) is 0 Å². The van der Waals surface area contributed by atoms with Crippen LogP contribution in [0.1, 0.15) is 12.5 Å². The molecule has 1 aromatic heterocycles. The molecular formula is C23H21FN4O2. The maximum absolute atomic E-state index is 13.1. The van der Waals surface area contributed by atoms with E-state index in [2.05, 4.69) is 21.9 Å². The minimum absolute atomic E-state index is 0.0507. The van der Waals surface area contributed by atoms with Crippen LogP contribution in [0.2, 0.25) is 0 Å². The minimum atomic E-state index is -0.268. The molecule has 0 saturated carbocycles. The van der Waals surface area contributed by atoms with Crippen LogP contribution in [0, 0.1) is 5.82 Å². The molecule has 0 aliphatic carbocycles. The van der Waals surface area contributed by atoms with Gasteiger partial charge in [-0.25, -0.2) is 14.4 Å². The minimum Gasteiger partial charge on any atom is -0.487 e. The largest absolute Gasteiger partial charge is 0.487 e. The first-order valence-corrected chi connectivity index (χ1v) is 9.54. The summed E-state index contributed by atoms with van der Waals surface area (Å²) in [7, 11) is 0. The lowest BCUT2D eigenvalue weighted by Crippen LogP contribution is -2.54. The molecule has 0 spiro atoms. The Labute approximate surface area is 174 Å². The Bertz CT molecular complexity index is 1040. The van der Waals surface area contributed by atoms with E-state index in [1.165, 1.54) is 19.1 Å². The van der Waals surface area contributed by atoms with Crippen molar-refractivity contribution in [2.24, 2.45) is 0 Å². The van der Waals surface area contributed by atoms with Crippen LogP contribution in [0.15, 0.2) is 67.5 Å². The molecule has 0 radical (unpaired) electrons. The van der Waals surface area contributed by atoms with Crippen LogP contribution >= 0.6 is 0 Å². The molecule has 1 aliphatic heterocycles. The summed E-state index contributed by atoms with van der Waals surface area (Å²) >= 11 is 0. The molecule has 7 heteroatoms. The van der Waals surface area contributed by atoms with Crippen molar-refractivity contribution in [3.8, 4) is 16.9 Å². The third kappa shape index (κ3) is 4.46. The number of amides is 1. The Morgan fingerprint density at radius 1 is 1.07 bits per heavy atom. The van der Waals surface area contributed by atoms with Crippen LogP contribution in [0.4, 0.5) is 10.3 Å². The van der Waals surface area contributed by atoms with Crippen molar-refractivity contribution in [1.29, 1.82) is 0 Å². The summed E-state index contributed by atoms with van der Waals surface area (Å²) in [6.07, 6.45) is 3.53. The van der Waals surface area contributed by atoms with Gasteiger partial charge in [0.2, 0.25) is 11.9 Å². The summed E-state index contributed by atoms with van der Waals surface area (Å²) in [6, 6.07) is 13.7. The average molecular weight is 404 g/mol. The molecular weight excluding hydrogens is 383 g/mol. The van der Waals surface area contributed by atoms with Crippen molar-refractivity contribution < 1.29 is 13.9 Å². The first-order chi connectivity index (χ1) is 14.5. The van der Waals surface area contributed by atoms with Crippen LogP contribution in [0.3, 0.4) is 0 Å². The molecule has 1 fully saturated rings. The number of hydrogen-bond acceptors (Lipinski definition) is 5. The number of nitrogens with one attached hydrogen (secondary N) is 1. The lowest BCUT2D eigenvalue weighted by Gasteiger charge is -2.38. The smallest absolute Gasteiger partial charge is 0.225 e. The highest BCUT2D eigenvalue weighted by atomic mass is 19.1. The maximum atomic E-state index is 13.1. The first-order valence-electron chi connectivity index (χ1n) is 9.54. The third-order valence-corrected chi connectivity index (χ3v) is 4.78. The molecule has 0 unspecified atom stereocenters. The number of benzene rings is 2. The quantitative estimate of drug-likeness (QED) is 0.679. The van der Waals surface area contributed by atoms with Gasteiger partial charge in [-0.3, -0.25) is 4.79 Å². The number of halogens is 1. The van der Waals surface area contributed by atoms with Gasteiger partial charge in [0.25, 0.3) is 0 Å². The van der Waals surface area contributed by atoms with Gasteiger partial charge in [-0.1, -0.05) is 18.7 Å². The molecule has 4 rings (SSSR count). The molecule has 0 atom stereocenters. The van der Waals surface area contributed by atoms with E-state index in [0.717, 1.165) is 22.4 Å². The van der Waals surface area contributed by atoms with Crippen LogP contribution in [-0.4, -0.2) is 35.1 Å². The number of ether oxygens (including phenoxy) is 1. The lowest BCUT2D eigenvalue weighted by molar-refractivity contribution is -0.117. The van der Waals surface area contributed by atoms with E-state index in [1.807, 2.05) is 29.2 Å². The highest BCUT2D eigenvalue weighted by molar-refractivity contribution is 5.84. The molecule has 6 nitrogen and oxygen atoms in total. The van der Waals surface area contributed by atoms with Crippen molar-refractivity contribution in [3.05, 3.63) is 78.9 Å². The topological polar surface area (TPSA) is 67.3 Å². The molecule has 30 heavy (non-hydrogen) atoms. The molecule has 3 aromatic rings. The Kier molecular flexibility index (Phi) is 5.43. The second-order valence-corrected chi connectivity index (χ2v) is 7.11. The molecule has 1 amide bonds. The highest BCUT2D eigenvalue weighted by Crippen LogP contribution is 2.24. The monoisotopic (exact) mass is 404 g/mol. The fourth-order valence-corrected chi connectivity index (χ4v) is 3.16. The molecule has 1 N–H and O–H groups in total. The van der Waals surface area contributed by atoms with E-state index in [-0.39, 0.29) is 17.8 Å². The Morgan fingerprint density at radius 2 is 1.70 bits per heavy atom. The third-order valence-electron chi connectivity index (χ3n) is 4.78. The Hall–Kier alpha value is -3.74. The average Bonchev–Trinajstić information content (AvgIpc) is 2.71. The predicted octanol–water partition coefficient (Wildman–Crippen LogP) is 3.66. The van der Waals surface area contributed by atoms with Crippen LogP contribution in [0.5, 0.6) is 5.75 Å². The van der Waals surface area contributed by atoms with Gasteiger partial charge < -0.3 is 15.0 Å². The van der Waals surface area contributed by atoms with Gasteiger partial charge in [0, 0.05) is 30.6 Å². The van der Waals surface area contributed by atoms with E-state index in [9.17, 15) is 9.18 Å². The molecule has 2 heterocycles. The molecule has 152 valence electrons. The van der Waals surface area contributed by atoms with E-state index >= 15 is 0 Å². The van der Waals surface area contributed by atoms with Crippen LogP contribution in [-0.2, 0) is 4.79 Å². The number of anilines is 1. The summed E-state index contributed by atoms with van der Waals surface area (Å²) in [5.74, 6) is 0.979. The predicted molar refractivity (Wildman–Crippen MR) is 113 cm³/mol. The molecule has 2 aromatic carbocycles. The van der Waals surface area contributed by atoms with Gasteiger partial charge in [-0.05, 0) is 47.5 Å². The van der Waals surface area contributed by atoms with Crippen molar-refractivity contribution in [2.75, 3.05) is 18.0 Å². The van der Waals surface area contributed by atoms with Gasteiger partial charge in [0.1, 0.15) is 17.7 Å². The van der Waals surface area contributed by atoms with Gasteiger partial charge in [0.15, 0.2) is 0 Å². The van der Waals surface area contributed by atoms with Crippen LogP contribution < -0.4 is 15.0 Å². The van der Waals surface area contributed by atoms with E-state index in [0.29, 0.717) is 24.7 Å². The van der Waals surface area contributed by atoms with Crippen molar-refractivity contribution in [3.63, 3.8) is 0 Å². The number of nitrogens with zero attached hydrogens (tertiary/aromatic N) is 3. The van der Waals surface area contributed by atoms with Gasteiger partial charge >= 0.3 is 0 Å². The summed E-state index contributed by atoms with van der Waals surface area (Å²) < 4.78 is 19.0. The summed E-state index contributed by atoms with van der Waals surface area (Å²) in [5, 5.41) is 2.67. The second-order valence-electron chi connectivity index (χ2n) is 7.11. The normalized spacial score (nSPS) is 13.5. The zero-order valence-corrected chi connectivity index (χ0v) is 16.5. The SMILES string of the molecule is C=C(NC(C)=O)c1ccc(OC2CN(c3ncc(-c4ccc(F)cc4)cn3)C2)cc1. The Balaban J connectivity index is 1.30. The number of rotatable bonds is 6. The van der Waals surface area contributed by atoms with E-state index < -0.39 is 0 Å². The maximum Gasteiger partial charge on any atom is 0.225 e. The van der Waals surface area contributed by atoms with Gasteiger partial charge in [0.05, 0.1) is 13.1 Å². The second kappa shape index (κ2) is 8.32. The standard InChI is InChI=1S/C23H21FN4O2/c1-15(27-16(2)29)17-5-9-21(10-6-17)30-22-13-28(14-22)23-25-11-19(12-26-23)18-3-7-20(24)8-4-18/h3-12,22H,1,13-14H2,2H3,(H,27,29). The lowest BCUT2D eigenvalue weighted by atomic mass is 10.1. The van der Waals surface area contributed by atoms with Crippen molar-refractivity contribution in [1.82, 2.24) is 15.3 Å². The summed E-state index contributed by atoms with van der Waals surface area (Å²) in [5.41, 5.74) is 3.11. The van der Waals surface area contributed by atoms with E-state index in [1.54, 1.807) is 24.5 Å². The molecule has 1 aliphatic rings. The molecule has 0 bridgehead atoms. The number of aromatic nitrogens is 2. The zero-order valence-electron chi connectivity index (χ0n) is 16.5. The molecule has 1 saturated heterocycles. The first kappa shape index (κ1) is 19.6.